The van der Waals surface area contributed by atoms with Crippen LogP contribution in [-0.2, 0) is 11.3 Å². The minimum Gasteiger partial charge on any atom is -0.486 e. The predicted molar refractivity (Wildman–Crippen MR) is 65.4 cm³/mol. The van der Waals surface area contributed by atoms with Gasteiger partial charge in [-0.1, -0.05) is 6.07 Å². The molecular formula is C12H16N2O4. The Morgan fingerprint density at radius 3 is 3.00 bits per heavy atom. The van der Waals surface area contributed by atoms with E-state index in [-0.39, 0.29) is 11.4 Å². The zero-order chi connectivity index (χ0) is 13.0. The van der Waals surface area contributed by atoms with Crippen molar-refractivity contribution in [1.82, 2.24) is 0 Å². The van der Waals surface area contributed by atoms with Crippen LogP contribution >= 0.6 is 0 Å². The minimum absolute atomic E-state index is 0.0221. The topological polar surface area (TPSA) is 87.6 Å². The van der Waals surface area contributed by atoms with E-state index in [1.165, 1.54) is 6.07 Å². The lowest BCUT2D eigenvalue weighted by atomic mass is 10.1. The van der Waals surface area contributed by atoms with Gasteiger partial charge in [0.25, 0.3) is 0 Å². The second-order valence-corrected chi connectivity index (χ2v) is 4.30. The van der Waals surface area contributed by atoms with Gasteiger partial charge in [-0.15, -0.1) is 0 Å². The second kappa shape index (κ2) is 5.79. The molecule has 1 heterocycles. The first-order valence-electron chi connectivity index (χ1n) is 5.88. The van der Waals surface area contributed by atoms with E-state index < -0.39 is 4.92 Å². The highest BCUT2D eigenvalue weighted by molar-refractivity contribution is 5.48. The molecule has 1 unspecified atom stereocenters. The molecule has 98 valence electrons. The Morgan fingerprint density at radius 2 is 2.39 bits per heavy atom. The van der Waals surface area contributed by atoms with E-state index in [0.717, 1.165) is 18.6 Å². The summed E-state index contributed by atoms with van der Waals surface area (Å²) in [6.07, 6.45) is 0.935. The molecule has 0 aromatic heterocycles. The van der Waals surface area contributed by atoms with E-state index in [9.17, 15) is 10.1 Å². The maximum Gasteiger partial charge on any atom is 0.310 e. The van der Waals surface area contributed by atoms with Crippen LogP contribution in [0.2, 0.25) is 0 Å². The molecular weight excluding hydrogens is 236 g/mol. The number of nitrogens with two attached hydrogens (primary N) is 1. The van der Waals surface area contributed by atoms with Crippen molar-refractivity contribution in [2.24, 2.45) is 11.7 Å². The Balaban J connectivity index is 2.10. The van der Waals surface area contributed by atoms with Crippen LogP contribution in [0, 0.1) is 16.0 Å². The fourth-order valence-corrected chi connectivity index (χ4v) is 1.87. The maximum atomic E-state index is 10.9. The lowest BCUT2D eigenvalue weighted by Crippen LogP contribution is -2.12. The molecule has 0 radical (unpaired) electrons. The van der Waals surface area contributed by atoms with E-state index in [0.29, 0.717) is 25.7 Å². The highest BCUT2D eigenvalue weighted by Crippen LogP contribution is 2.28. The summed E-state index contributed by atoms with van der Waals surface area (Å²) < 4.78 is 10.8. The quantitative estimate of drug-likeness (QED) is 0.633. The molecule has 0 amide bonds. The molecule has 18 heavy (non-hydrogen) atoms. The van der Waals surface area contributed by atoms with Gasteiger partial charge in [0, 0.05) is 25.1 Å². The third-order valence-electron chi connectivity index (χ3n) is 2.96. The number of rotatable bonds is 5. The number of hydrogen-bond acceptors (Lipinski definition) is 5. The molecule has 2 N–H and O–H groups in total. The highest BCUT2D eigenvalue weighted by atomic mass is 16.6. The SMILES string of the molecule is NCc1ccc([N+](=O)[O-])c(OCC2CCOC2)c1. The molecule has 0 saturated carbocycles. The van der Waals surface area contributed by atoms with Gasteiger partial charge in [-0.2, -0.15) is 0 Å². The van der Waals surface area contributed by atoms with Gasteiger partial charge < -0.3 is 15.2 Å². The van der Waals surface area contributed by atoms with Crippen molar-refractivity contribution in [3.8, 4) is 5.75 Å². The molecule has 0 bridgehead atoms. The van der Waals surface area contributed by atoms with Crippen LogP contribution in [0.4, 0.5) is 5.69 Å². The zero-order valence-corrected chi connectivity index (χ0v) is 10.0. The monoisotopic (exact) mass is 252 g/mol. The number of nitrogens with zero attached hydrogens (tertiary/aromatic N) is 1. The molecule has 1 aliphatic rings. The summed E-state index contributed by atoms with van der Waals surface area (Å²) in [5.74, 6) is 0.598. The first kappa shape index (κ1) is 12.8. The third-order valence-corrected chi connectivity index (χ3v) is 2.96. The Morgan fingerprint density at radius 1 is 1.56 bits per heavy atom. The molecule has 6 heteroatoms. The number of hydrogen-bond donors (Lipinski definition) is 1. The van der Waals surface area contributed by atoms with Gasteiger partial charge >= 0.3 is 5.69 Å². The molecule has 1 atom stereocenters. The van der Waals surface area contributed by atoms with Crippen molar-refractivity contribution in [2.75, 3.05) is 19.8 Å². The van der Waals surface area contributed by atoms with Gasteiger partial charge in [-0.05, 0) is 18.1 Å². The van der Waals surface area contributed by atoms with Gasteiger partial charge in [0.2, 0.25) is 0 Å². The van der Waals surface area contributed by atoms with Crippen LogP contribution in [0.15, 0.2) is 18.2 Å². The van der Waals surface area contributed by atoms with Gasteiger partial charge in [0.1, 0.15) is 0 Å². The van der Waals surface area contributed by atoms with Gasteiger partial charge in [-0.3, -0.25) is 10.1 Å². The normalized spacial score (nSPS) is 18.8. The molecule has 2 rings (SSSR count). The molecule has 1 aromatic carbocycles. The van der Waals surface area contributed by atoms with E-state index in [4.69, 9.17) is 15.2 Å². The molecule has 0 spiro atoms. The summed E-state index contributed by atoms with van der Waals surface area (Å²) in [6, 6.07) is 4.71. The average Bonchev–Trinajstić information content (AvgIpc) is 2.88. The van der Waals surface area contributed by atoms with Crippen molar-refractivity contribution < 1.29 is 14.4 Å². The van der Waals surface area contributed by atoms with Crippen LogP contribution < -0.4 is 10.5 Å². The van der Waals surface area contributed by atoms with Crippen LogP contribution in [0.1, 0.15) is 12.0 Å². The largest absolute Gasteiger partial charge is 0.486 e. The summed E-state index contributed by atoms with van der Waals surface area (Å²) in [7, 11) is 0. The Kier molecular flexibility index (Phi) is 4.11. The van der Waals surface area contributed by atoms with Crippen molar-refractivity contribution in [3.05, 3.63) is 33.9 Å². The molecule has 1 aliphatic heterocycles. The Hall–Kier alpha value is -1.66. The standard InChI is InChI=1S/C12H16N2O4/c13-6-9-1-2-11(14(15)16)12(5-9)18-8-10-3-4-17-7-10/h1-2,5,10H,3-4,6-8,13H2. The summed E-state index contributed by atoms with van der Waals surface area (Å²) in [4.78, 5) is 10.4. The molecule has 1 saturated heterocycles. The highest BCUT2D eigenvalue weighted by Gasteiger charge is 2.20. The predicted octanol–water partition coefficient (Wildman–Crippen LogP) is 1.47. The first-order chi connectivity index (χ1) is 8.70. The summed E-state index contributed by atoms with van der Waals surface area (Å²) in [6.45, 7) is 2.17. The smallest absolute Gasteiger partial charge is 0.310 e. The van der Waals surface area contributed by atoms with E-state index in [1.54, 1.807) is 12.1 Å². The van der Waals surface area contributed by atoms with Crippen LogP contribution in [-0.4, -0.2) is 24.7 Å². The first-order valence-corrected chi connectivity index (χ1v) is 5.88. The minimum atomic E-state index is -0.444. The van der Waals surface area contributed by atoms with Crippen molar-refractivity contribution in [2.45, 2.75) is 13.0 Å². The van der Waals surface area contributed by atoms with E-state index in [1.807, 2.05) is 0 Å². The zero-order valence-electron chi connectivity index (χ0n) is 10.0. The number of nitro benzene ring substituents is 1. The molecule has 1 aromatic rings. The molecule has 1 fully saturated rings. The van der Waals surface area contributed by atoms with Crippen molar-refractivity contribution >= 4 is 5.69 Å². The number of benzene rings is 1. The molecule has 6 nitrogen and oxygen atoms in total. The second-order valence-electron chi connectivity index (χ2n) is 4.30. The maximum absolute atomic E-state index is 10.9. The summed E-state index contributed by atoms with van der Waals surface area (Å²) >= 11 is 0. The van der Waals surface area contributed by atoms with E-state index in [2.05, 4.69) is 0 Å². The Labute approximate surface area is 105 Å². The third kappa shape index (κ3) is 2.96. The lowest BCUT2D eigenvalue weighted by molar-refractivity contribution is -0.385. The van der Waals surface area contributed by atoms with E-state index >= 15 is 0 Å². The summed E-state index contributed by atoms with van der Waals surface area (Å²) in [5.41, 5.74) is 6.31. The number of ether oxygens (including phenoxy) is 2. The van der Waals surface area contributed by atoms with Crippen molar-refractivity contribution in [1.29, 1.82) is 0 Å². The van der Waals surface area contributed by atoms with Crippen LogP contribution in [0.5, 0.6) is 5.75 Å². The average molecular weight is 252 g/mol. The summed E-state index contributed by atoms with van der Waals surface area (Å²) in [5, 5.41) is 10.9. The Bertz CT molecular complexity index is 430. The van der Waals surface area contributed by atoms with Gasteiger partial charge in [0.15, 0.2) is 5.75 Å². The van der Waals surface area contributed by atoms with Gasteiger partial charge in [-0.25, -0.2) is 0 Å². The fraction of sp³-hybridized carbons (Fsp3) is 0.500. The van der Waals surface area contributed by atoms with Gasteiger partial charge in [0.05, 0.1) is 18.1 Å². The van der Waals surface area contributed by atoms with Crippen molar-refractivity contribution in [3.63, 3.8) is 0 Å². The number of nitro groups is 1. The fourth-order valence-electron chi connectivity index (χ4n) is 1.87. The van der Waals surface area contributed by atoms with Crippen LogP contribution in [0.25, 0.3) is 0 Å². The van der Waals surface area contributed by atoms with Crippen LogP contribution in [0.3, 0.4) is 0 Å². The lowest BCUT2D eigenvalue weighted by Gasteiger charge is -2.11. The molecule has 0 aliphatic carbocycles.